The van der Waals surface area contributed by atoms with E-state index in [1.54, 1.807) is 6.07 Å². The molecule has 0 aliphatic carbocycles. The molecule has 80 valence electrons. The number of anilines is 1. The van der Waals surface area contributed by atoms with Crippen LogP contribution in [-0.2, 0) is 0 Å². The summed E-state index contributed by atoms with van der Waals surface area (Å²) in [6.07, 6.45) is 0. The molecule has 4 heteroatoms. The summed E-state index contributed by atoms with van der Waals surface area (Å²) in [5, 5.41) is 19.0. The van der Waals surface area contributed by atoms with Crippen molar-refractivity contribution in [1.82, 2.24) is 10.2 Å². The summed E-state index contributed by atoms with van der Waals surface area (Å²) in [6, 6.07) is 11.5. The minimum Gasteiger partial charge on any atom is -0.369 e. The fourth-order valence-electron chi connectivity index (χ4n) is 1.50. The molecule has 1 heterocycles. The SMILES string of the molecule is CCNc1cc(-c2cccc(C#N)c2)[nH]n1. The average Bonchev–Trinajstić information content (AvgIpc) is 2.78. The van der Waals surface area contributed by atoms with Crippen LogP contribution in [0.2, 0.25) is 0 Å². The molecule has 0 aliphatic rings. The third-order valence-corrected chi connectivity index (χ3v) is 2.24. The lowest BCUT2D eigenvalue weighted by Gasteiger charge is -1.96. The number of hydrogen-bond acceptors (Lipinski definition) is 3. The zero-order chi connectivity index (χ0) is 11.4. The molecular formula is C12H12N4. The summed E-state index contributed by atoms with van der Waals surface area (Å²) in [5.41, 5.74) is 2.53. The lowest BCUT2D eigenvalue weighted by atomic mass is 10.1. The highest BCUT2D eigenvalue weighted by Gasteiger charge is 2.03. The highest BCUT2D eigenvalue weighted by atomic mass is 15.2. The molecule has 0 spiro atoms. The van der Waals surface area contributed by atoms with E-state index in [0.29, 0.717) is 5.56 Å². The van der Waals surface area contributed by atoms with Crippen LogP contribution in [0.25, 0.3) is 11.3 Å². The number of nitrogens with one attached hydrogen (secondary N) is 2. The largest absolute Gasteiger partial charge is 0.369 e. The summed E-state index contributed by atoms with van der Waals surface area (Å²) >= 11 is 0. The number of nitrogens with zero attached hydrogens (tertiary/aromatic N) is 2. The van der Waals surface area contributed by atoms with Crippen LogP contribution in [0.4, 0.5) is 5.82 Å². The van der Waals surface area contributed by atoms with Crippen molar-refractivity contribution in [3.8, 4) is 17.3 Å². The Morgan fingerprint density at radius 3 is 3.06 bits per heavy atom. The van der Waals surface area contributed by atoms with Gasteiger partial charge in [0.25, 0.3) is 0 Å². The molecule has 2 rings (SSSR count). The smallest absolute Gasteiger partial charge is 0.148 e. The number of aromatic amines is 1. The van der Waals surface area contributed by atoms with Crippen molar-refractivity contribution < 1.29 is 0 Å². The Balaban J connectivity index is 2.32. The molecule has 0 unspecified atom stereocenters. The first kappa shape index (κ1) is 10.2. The van der Waals surface area contributed by atoms with Crippen LogP contribution in [0.15, 0.2) is 30.3 Å². The van der Waals surface area contributed by atoms with E-state index in [4.69, 9.17) is 5.26 Å². The van der Waals surface area contributed by atoms with Gasteiger partial charge in [0.15, 0.2) is 0 Å². The van der Waals surface area contributed by atoms with Crippen molar-refractivity contribution >= 4 is 5.82 Å². The van der Waals surface area contributed by atoms with Crippen molar-refractivity contribution in [1.29, 1.82) is 5.26 Å². The normalized spacial score (nSPS) is 9.75. The first-order valence-corrected chi connectivity index (χ1v) is 5.13. The molecule has 0 atom stereocenters. The van der Waals surface area contributed by atoms with Crippen molar-refractivity contribution in [3.05, 3.63) is 35.9 Å². The van der Waals surface area contributed by atoms with E-state index < -0.39 is 0 Å². The zero-order valence-electron chi connectivity index (χ0n) is 8.99. The molecule has 1 aromatic carbocycles. The first-order chi connectivity index (χ1) is 7.83. The molecule has 0 saturated carbocycles. The number of rotatable bonds is 3. The van der Waals surface area contributed by atoms with Gasteiger partial charge in [0, 0.05) is 18.2 Å². The standard InChI is InChI=1S/C12H12N4/c1-2-14-12-7-11(15-16-12)10-5-3-4-9(6-10)8-13/h3-7H,2H2,1H3,(H2,14,15,16). The molecule has 0 saturated heterocycles. The van der Waals surface area contributed by atoms with E-state index >= 15 is 0 Å². The summed E-state index contributed by atoms with van der Waals surface area (Å²) in [4.78, 5) is 0. The maximum absolute atomic E-state index is 8.81. The van der Waals surface area contributed by atoms with Crippen molar-refractivity contribution in [2.24, 2.45) is 0 Å². The molecule has 2 aromatic rings. The van der Waals surface area contributed by atoms with Gasteiger partial charge in [-0.15, -0.1) is 0 Å². The second-order valence-corrected chi connectivity index (χ2v) is 3.39. The average molecular weight is 212 g/mol. The lowest BCUT2D eigenvalue weighted by molar-refractivity contribution is 1.07. The quantitative estimate of drug-likeness (QED) is 0.821. The Morgan fingerprint density at radius 1 is 1.44 bits per heavy atom. The van der Waals surface area contributed by atoms with Gasteiger partial charge in [-0.3, -0.25) is 5.10 Å². The molecule has 16 heavy (non-hydrogen) atoms. The van der Waals surface area contributed by atoms with Gasteiger partial charge in [0.05, 0.1) is 17.3 Å². The fourth-order valence-corrected chi connectivity index (χ4v) is 1.50. The topological polar surface area (TPSA) is 64.5 Å². The van der Waals surface area contributed by atoms with Gasteiger partial charge in [0.1, 0.15) is 5.82 Å². The van der Waals surface area contributed by atoms with Crippen LogP contribution in [0.5, 0.6) is 0 Å². The van der Waals surface area contributed by atoms with Gasteiger partial charge in [-0.2, -0.15) is 10.4 Å². The van der Waals surface area contributed by atoms with Gasteiger partial charge in [-0.1, -0.05) is 12.1 Å². The van der Waals surface area contributed by atoms with Gasteiger partial charge < -0.3 is 5.32 Å². The monoisotopic (exact) mass is 212 g/mol. The van der Waals surface area contributed by atoms with Crippen LogP contribution in [0.1, 0.15) is 12.5 Å². The third-order valence-electron chi connectivity index (χ3n) is 2.24. The molecule has 0 bridgehead atoms. The summed E-state index contributed by atoms with van der Waals surface area (Å²) in [7, 11) is 0. The molecule has 0 fully saturated rings. The van der Waals surface area contributed by atoms with Gasteiger partial charge in [-0.05, 0) is 19.1 Å². The van der Waals surface area contributed by atoms with Gasteiger partial charge in [-0.25, -0.2) is 0 Å². The predicted molar refractivity (Wildman–Crippen MR) is 62.9 cm³/mol. The minimum absolute atomic E-state index is 0.650. The van der Waals surface area contributed by atoms with E-state index in [1.165, 1.54) is 0 Å². The molecule has 2 N–H and O–H groups in total. The second kappa shape index (κ2) is 4.49. The van der Waals surface area contributed by atoms with Crippen LogP contribution < -0.4 is 5.32 Å². The van der Waals surface area contributed by atoms with Crippen LogP contribution in [0, 0.1) is 11.3 Å². The van der Waals surface area contributed by atoms with Crippen molar-refractivity contribution in [3.63, 3.8) is 0 Å². The van der Waals surface area contributed by atoms with Crippen LogP contribution in [-0.4, -0.2) is 16.7 Å². The Morgan fingerprint density at radius 2 is 2.31 bits per heavy atom. The zero-order valence-corrected chi connectivity index (χ0v) is 8.99. The van der Waals surface area contributed by atoms with E-state index in [1.807, 2.05) is 31.2 Å². The predicted octanol–water partition coefficient (Wildman–Crippen LogP) is 2.38. The number of benzene rings is 1. The van der Waals surface area contributed by atoms with E-state index in [-0.39, 0.29) is 0 Å². The number of aromatic nitrogens is 2. The Labute approximate surface area is 93.9 Å². The summed E-state index contributed by atoms with van der Waals surface area (Å²) in [6.45, 7) is 2.85. The molecule has 4 nitrogen and oxygen atoms in total. The molecular weight excluding hydrogens is 200 g/mol. The second-order valence-electron chi connectivity index (χ2n) is 3.39. The summed E-state index contributed by atoms with van der Waals surface area (Å²) < 4.78 is 0. The Bertz CT molecular complexity index is 522. The van der Waals surface area contributed by atoms with Gasteiger partial charge in [0.2, 0.25) is 0 Å². The van der Waals surface area contributed by atoms with Crippen LogP contribution >= 0.6 is 0 Å². The Kier molecular flexibility index (Phi) is 2.88. The molecule has 0 aliphatic heterocycles. The van der Waals surface area contributed by atoms with E-state index in [9.17, 15) is 0 Å². The molecule has 1 aromatic heterocycles. The molecule has 0 amide bonds. The third kappa shape index (κ3) is 2.04. The lowest BCUT2D eigenvalue weighted by Crippen LogP contribution is -1.95. The van der Waals surface area contributed by atoms with Gasteiger partial charge >= 0.3 is 0 Å². The summed E-state index contributed by atoms with van der Waals surface area (Å²) in [5.74, 6) is 0.819. The maximum atomic E-state index is 8.81. The van der Waals surface area contributed by atoms with Crippen LogP contribution in [0.3, 0.4) is 0 Å². The first-order valence-electron chi connectivity index (χ1n) is 5.13. The molecule has 0 radical (unpaired) electrons. The highest BCUT2D eigenvalue weighted by Crippen LogP contribution is 2.20. The minimum atomic E-state index is 0.650. The van der Waals surface area contributed by atoms with Crippen molar-refractivity contribution in [2.45, 2.75) is 6.92 Å². The number of hydrogen-bond donors (Lipinski definition) is 2. The van der Waals surface area contributed by atoms with E-state index in [2.05, 4.69) is 21.6 Å². The maximum Gasteiger partial charge on any atom is 0.148 e. The van der Waals surface area contributed by atoms with Crippen molar-refractivity contribution in [2.75, 3.05) is 11.9 Å². The Hall–Kier alpha value is -2.28. The fraction of sp³-hybridized carbons (Fsp3) is 0.167. The number of nitriles is 1. The number of H-pyrrole nitrogens is 1. The highest BCUT2D eigenvalue weighted by molar-refractivity contribution is 5.64. The van der Waals surface area contributed by atoms with E-state index in [0.717, 1.165) is 23.6 Å².